The normalized spacial score (nSPS) is 13.0. The fourth-order valence-electron chi connectivity index (χ4n) is 1.97. The largest absolute Gasteiger partial charge is 0.284 e. The number of benzene rings is 2. The summed E-state index contributed by atoms with van der Waals surface area (Å²) in [6, 6.07) is 21.1. The third kappa shape index (κ3) is 3.78. The lowest BCUT2D eigenvalue weighted by atomic mass is 9.99. The Labute approximate surface area is 116 Å². The number of nitrogens with zero attached hydrogens (tertiary/aromatic N) is 1. The van der Waals surface area contributed by atoms with Gasteiger partial charge < -0.3 is 0 Å². The minimum Gasteiger partial charge on any atom is -0.284 e. The molecular weight excluding hydrogens is 230 g/mol. The molecule has 2 aromatic rings. The van der Waals surface area contributed by atoms with Gasteiger partial charge in [-0.3, -0.25) is 4.99 Å². The summed E-state index contributed by atoms with van der Waals surface area (Å²) in [4.78, 5) is 4.81. The third-order valence-electron chi connectivity index (χ3n) is 3.36. The average molecular weight is 251 g/mol. The molecule has 1 heteroatoms. The highest BCUT2D eigenvalue weighted by Gasteiger charge is 2.11. The molecule has 0 saturated carbocycles. The molecule has 2 aromatic carbocycles. The molecule has 1 nitrogen and oxygen atoms in total. The fraction of sp³-hybridized carbons (Fsp3) is 0.278. The molecule has 0 aliphatic carbocycles. The van der Waals surface area contributed by atoms with Gasteiger partial charge in [-0.2, -0.15) is 0 Å². The standard InChI is InChI=1S/C18H21N/c1-3-15(2)14-19-18(16-10-6-4-7-11-16)17-12-8-5-9-13-17/h4-15,18H,3H2,1-2H3. The first-order valence-electron chi connectivity index (χ1n) is 6.94. The average Bonchev–Trinajstić information content (AvgIpc) is 2.49. The Morgan fingerprint density at radius 2 is 1.37 bits per heavy atom. The molecule has 2 rings (SSSR count). The van der Waals surface area contributed by atoms with Crippen molar-refractivity contribution in [1.82, 2.24) is 0 Å². The van der Waals surface area contributed by atoms with Crippen LogP contribution < -0.4 is 0 Å². The lowest BCUT2D eigenvalue weighted by Gasteiger charge is -2.14. The smallest absolute Gasteiger partial charge is 0.0995 e. The maximum atomic E-state index is 4.81. The zero-order chi connectivity index (χ0) is 13.5. The number of hydrogen-bond donors (Lipinski definition) is 0. The first-order chi connectivity index (χ1) is 9.31. The van der Waals surface area contributed by atoms with Crippen LogP contribution in [-0.4, -0.2) is 6.21 Å². The van der Waals surface area contributed by atoms with Gasteiger partial charge in [0.25, 0.3) is 0 Å². The highest BCUT2D eigenvalue weighted by atomic mass is 14.8. The quantitative estimate of drug-likeness (QED) is 0.671. The van der Waals surface area contributed by atoms with Gasteiger partial charge in [0.2, 0.25) is 0 Å². The summed E-state index contributed by atoms with van der Waals surface area (Å²) in [6.45, 7) is 4.40. The fourth-order valence-corrected chi connectivity index (χ4v) is 1.97. The molecule has 19 heavy (non-hydrogen) atoms. The molecule has 0 heterocycles. The van der Waals surface area contributed by atoms with Crippen LogP contribution in [0.15, 0.2) is 65.7 Å². The second-order valence-corrected chi connectivity index (χ2v) is 4.91. The van der Waals surface area contributed by atoms with E-state index in [-0.39, 0.29) is 6.04 Å². The number of hydrogen-bond acceptors (Lipinski definition) is 1. The summed E-state index contributed by atoms with van der Waals surface area (Å²) in [7, 11) is 0. The minimum atomic E-state index is 0.108. The SMILES string of the molecule is CCC(C)C=NC(c1ccccc1)c1ccccc1. The van der Waals surface area contributed by atoms with Gasteiger partial charge in [-0.15, -0.1) is 0 Å². The maximum Gasteiger partial charge on any atom is 0.0995 e. The molecule has 1 atom stereocenters. The van der Waals surface area contributed by atoms with Gasteiger partial charge in [0.1, 0.15) is 0 Å². The molecule has 0 spiro atoms. The van der Waals surface area contributed by atoms with E-state index < -0.39 is 0 Å². The van der Waals surface area contributed by atoms with Crippen LogP contribution in [0.25, 0.3) is 0 Å². The summed E-state index contributed by atoms with van der Waals surface area (Å²) in [6.07, 6.45) is 3.21. The molecule has 0 fully saturated rings. The van der Waals surface area contributed by atoms with E-state index in [9.17, 15) is 0 Å². The van der Waals surface area contributed by atoms with E-state index in [1.54, 1.807) is 0 Å². The van der Waals surface area contributed by atoms with Gasteiger partial charge in [0, 0.05) is 6.21 Å². The third-order valence-corrected chi connectivity index (χ3v) is 3.36. The molecule has 0 bridgehead atoms. The van der Waals surface area contributed by atoms with Gasteiger partial charge in [0.05, 0.1) is 6.04 Å². The van der Waals surface area contributed by atoms with E-state index in [0.717, 1.165) is 6.42 Å². The Balaban J connectivity index is 2.32. The van der Waals surface area contributed by atoms with Gasteiger partial charge in [-0.25, -0.2) is 0 Å². The lowest BCUT2D eigenvalue weighted by Crippen LogP contribution is -2.01. The molecule has 0 N–H and O–H groups in total. The van der Waals surface area contributed by atoms with Crippen molar-refractivity contribution in [1.29, 1.82) is 0 Å². The summed E-state index contributed by atoms with van der Waals surface area (Å²) in [5.74, 6) is 0.523. The molecule has 0 aliphatic heterocycles. The van der Waals surface area contributed by atoms with Crippen LogP contribution >= 0.6 is 0 Å². The van der Waals surface area contributed by atoms with E-state index >= 15 is 0 Å². The summed E-state index contributed by atoms with van der Waals surface area (Å²) in [5, 5.41) is 0. The predicted octanol–water partition coefficient (Wildman–Crippen LogP) is 4.89. The van der Waals surface area contributed by atoms with E-state index in [2.05, 4.69) is 68.6 Å². The van der Waals surface area contributed by atoms with Crippen molar-refractivity contribution in [3.05, 3.63) is 71.8 Å². The van der Waals surface area contributed by atoms with Crippen molar-refractivity contribution >= 4 is 6.21 Å². The topological polar surface area (TPSA) is 12.4 Å². The van der Waals surface area contributed by atoms with Gasteiger partial charge >= 0.3 is 0 Å². The molecule has 0 aromatic heterocycles. The molecule has 98 valence electrons. The van der Waals surface area contributed by atoms with Crippen LogP contribution in [-0.2, 0) is 0 Å². The second kappa shape index (κ2) is 6.89. The number of rotatable bonds is 5. The first kappa shape index (κ1) is 13.5. The van der Waals surface area contributed by atoms with E-state index in [0.29, 0.717) is 5.92 Å². The van der Waals surface area contributed by atoms with Crippen LogP contribution in [0.1, 0.15) is 37.4 Å². The Hall–Kier alpha value is -1.89. The van der Waals surface area contributed by atoms with Crippen LogP contribution in [0.5, 0.6) is 0 Å². The lowest BCUT2D eigenvalue weighted by molar-refractivity contribution is 0.741. The molecule has 0 aliphatic rings. The summed E-state index contributed by atoms with van der Waals surface area (Å²) < 4.78 is 0. The Morgan fingerprint density at radius 3 is 1.79 bits per heavy atom. The van der Waals surface area contributed by atoms with Crippen molar-refractivity contribution in [2.45, 2.75) is 26.3 Å². The zero-order valence-corrected chi connectivity index (χ0v) is 11.7. The zero-order valence-electron chi connectivity index (χ0n) is 11.7. The van der Waals surface area contributed by atoms with Crippen molar-refractivity contribution < 1.29 is 0 Å². The van der Waals surface area contributed by atoms with Gasteiger partial charge in [-0.05, 0) is 23.5 Å². The van der Waals surface area contributed by atoms with Crippen molar-refractivity contribution in [2.24, 2.45) is 10.9 Å². The van der Waals surface area contributed by atoms with Crippen LogP contribution in [0.4, 0.5) is 0 Å². The van der Waals surface area contributed by atoms with Crippen LogP contribution in [0.3, 0.4) is 0 Å². The first-order valence-corrected chi connectivity index (χ1v) is 6.94. The van der Waals surface area contributed by atoms with Gasteiger partial charge in [-0.1, -0.05) is 74.5 Å². The highest BCUT2D eigenvalue weighted by Crippen LogP contribution is 2.25. The molecule has 0 amide bonds. The predicted molar refractivity (Wildman–Crippen MR) is 82.7 cm³/mol. The van der Waals surface area contributed by atoms with Crippen molar-refractivity contribution in [3.8, 4) is 0 Å². The maximum absolute atomic E-state index is 4.81. The molecular formula is C18H21N. The Kier molecular flexibility index (Phi) is 4.91. The van der Waals surface area contributed by atoms with E-state index in [4.69, 9.17) is 4.99 Å². The van der Waals surface area contributed by atoms with Crippen molar-refractivity contribution in [3.63, 3.8) is 0 Å². The Morgan fingerprint density at radius 1 is 0.895 bits per heavy atom. The second-order valence-electron chi connectivity index (χ2n) is 4.91. The Bertz CT molecular complexity index is 462. The molecule has 0 saturated heterocycles. The summed E-state index contributed by atoms with van der Waals surface area (Å²) >= 11 is 0. The van der Waals surface area contributed by atoms with Crippen LogP contribution in [0.2, 0.25) is 0 Å². The van der Waals surface area contributed by atoms with E-state index in [1.165, 1.54) is 11.1 Å². The summed E-state index contributed by atoms with van der Waals surface area (Å²) in [5.41, 5.74) is 2.49. The van der Waals surface area contributed by atoms with Gasteiger partial charge in [0.15, 0.2) is 0 Å². The minimum absolute atomic E-state index is 0.108. The van der Waals surface area contributed by atoms with Crippen LogP contribution in [0, 0.1) is 5.92 Å². The molecule has 0 radical (unpaired) electrons. The monoisotopic (exact) mass is 251 g/mol. The highest BCUT2D eigenvalue weighted by molar-refractivity contribution is 5.61. The van der Waals surface area contributed by atoms with Crippen molar-refractivity contribution in [2.75, 3.05) is 0 Å². The number of aliphatic imine (C=N–C) groups is 1. The van der Waals surface area contributed by atoms with E-state index in [1.807, 2.05) is 12.1 Å². The molecule has 1 unspecified atom stereocenters.